The molecule has 0 bridgehead atoms. The largest absolute Gasteiger partial charge is 0.389 e. The summed E-state index contributed by atoms with van der Waals surface area (Å²) in [5.74, 6) is -0.574. The van der Waals surface area contributed by atoms with E-state index in [1.165, 1.54) is 18.2 Å². The number of rotatable bonds is 6. The van der Waals surface area contributed by atoms with E-state index < -0.39 is 24.5 Å². The Morgan fingerprint density at radius 2 is 2.00 bits per heavy atom. The molecule has 1 aromatic carbocycles. The van der Waals surface area contributed by atoms with Crippen LogP contribution in [0.3, 0.4) is 0 Å². The van der Waals surface area contributed by atoms with Crippen molar-refractivity contribution in [1.29, 1.82) is 0 Å². The van der Waals surface area contributed by atoms with Crippen LogP contribution in [0.15, 0.2) is 18.2 Å². The zero-order valence-electron chi connectivity index (χ0n) is 10.5. The molecule has 1 nitrogen and oxygen atoms in total. The van der Waals surface area contributed by atoms with Crippen molar-refractivity contribution in [2.24, 2.45) is 0 Å². The Labute approximate surface area is 115 Å². The fourth-order valence-corrected chi connectivity index (χ4v) is 1.93. The molecule has 0 spiro atoms. The molecule has 108 valence electrons. The summed E-state index contributed by atoms with van der Waals surface area (Å²) in [6, 6.07) is 3.54. The SMILES string of the molecule is CCCNC(CCC(F)(F)F)c1ccc(F)c(Cl)c1. The van der Waals surface area contributed by atoms with Gasteiger partial charge in [-0.15, -0.1) is 0 Å². The quantitative estimate of drug-likeness (QED) is 0.739. The molecule has 0 heterocycles. The Morgan fingerprint density at radius 3 is 2.53 bits per heavy atom. The molecule has 1 N–H and O–H groups in total. The summed E-state index contributed by atoms with van der Waals surface area (Å²) in [4.78, 5) is 0. The Morgan fingerprint density at radius 1 is 1.32 bits per heavy atom. The van der Waals surface area contributed by atoms with E-state index in [-0.39, 0.29) is 11.4 Å². The van der Waals surface area contributed by atoms with Gasteiger partial charge in [0.15, 0.2) is 0 Å². The highest BCUT2D eigenvalue weighted by molar-refractivity contribution is 6.30. The molecule has 0 aliphatic heterocycles. The number of nitrogens with one attached hydrogen (secondary N) is 1. The normalized spacial score (nSPS) is 13.6. The first-order valence-corrected chi connectivity index (χ1v) is 6.46. The van der Waals surface area contributed by atoms with Gasteiger partial charge in [-0.05, 0) is 37.1 Å². The molecular weight excluding hydrogens is 282 g/mol. The molecule has 1 rings (SSSR count). The fourth-order valence-electron chi connectivity index (χ4n) is 1.74. The maximum absolute atomic E-state index is 13.1. The minimum absolute atomic E-state index is 0.0761. The highest BCUT2D eigenvalue weighted by atomic mass is 35.5. The number of halogens is 5. The van der Waals surface area contributed by atoms with Crippen LogP contribution in [0.5, 0.6) is 0 Å². The van der Waals surface area contributed by atoms with Crippen molar-refractivity contribution in [3.8, 4) is 0 Å². The average Bonchev–Trinajstić information content (AvgIpc) is 2.32. The van der Waals surface area contributed by atoms with Gasteiger partial charge in [0, 0.05) is 12.5 Å². The van der Waals surface area contributed by atoms with E-state index >= 15 is 0 Å². The third-order valence-corrected chi connectivity index (χ3v) is 2.99. The predicted molar refractivity (Wildman–Crippen MR) is 67.7 cm³/mol. The van der Waals surface area contributed by atoms with E-state index in [1.807, 2.05) is 6.92 Å². The van der Waals surface area contributed by atoms with Crippen molar-refractivity contribution in [2.45, 2.75) is 38.4 Å². The number of alkyl halides is 3. The molecule has 0 aliphatic rings. The van der Waals surface area contributed by atoms with Crippen LogP contribution in [0, 0.1) is 5.82 Å². The first kappa shape index (κ1) is 16.2. The van der Waals surface area contributed by atoms with Crippen LogP contribution in [0.1, 0.15) is 37.8 Å². The summed E-state index contributed by atoms with van der Waals surface area (Å²) in [7, 11) is 0. The van der Waals surface area contributed by atoms with Crippen LogP contribution >= 0.6 is 11.6 Å². The van der Waals surface area contributed by atoms with Crippen LogP contribution in [0.2, 0.25) is 5.02 Å². The number of hydrogen-bond donors (Lipinski definition) is 1. The standard InChI is InChI=1S/C13H16ClF4N/c1-2-7-19-12(5-6-13(16,17)18)9-3-4-11(15)10(14)8-9/h3-4,8,12,19H,2,5-7H2,1H3. The highest BCUT2D eigenvalue weighted by Crippen LogP contribution is 2.29. The van der Waals surface area contributed by atoms with Crippen molar-refractivity contribution >= 4 is 11.6 Å². The molecule has 1 aromatic rings. The lowest BCUT2D eigenvalue weighted by atomic mass is 10.0. The Hall–Kier alpha value is -0.810. The van der Waals surface area contributed by atoms with Gasteiger partial charge in [-0.2, -0.15) is 13.2 Å². The van der Waals surface area contributed by atoms with Crippen molar-refractivity contribution in [1.82, 2.24) is 5.32 Å². The van der Waals surface area contributed by atoms with Crippen LogP contribution in [0.4, 0.5) is 17.6 Å². The molecule has 0 amide bonds. The average molecular weight is 298 g/mol. The van der Waals surface area contributed by atoms with Crippen molar-refractivity contribution in [3.63, 3.8) is 0 Å². The zero-order chi connectivity index (χ0) is 14.5. The lowest BCUT2D eigenvalue weighted by molar-refractivity contribution is -0.136. The van der Waals surface area contributed by atoms with Crippen molar-refractivity contribution < 1.29 is 17.6 Å². The smallest absolute Gasteiger partial charge is 0.310 e. The summed E-state index contributed by atoms with van der Waals surface area (Å²) in [6.45, 7) is 2.52. The molecule has 1 unspecified atom stereocenters. The molecule has 0 aromatic heterocycles. The number of hydrogen-bond acceptors (Lipinski definition) is 1. The summed E-state index contributed by atoms with van der Waals surface area (Å²) in [5, 5.41) is 2.95. The van der Waals surface area contributed by atoms with Gasteiger partial charge in [0.25, 0.3) is 0 Å². The Balaban J connectivity index is 2.79. The predicted octanol–water partition coefficient (Wildman–Crippen LogP) is 4.86. The highest BCUT2D eigenvalue weighted by Gasteiger charge is 2.28. The molecule has 0 fully saturated rings. The van der Waals surface area contributed by atoms with Gasteiger partial charge in [0.1, 0.15) is 5.82 Å². The van der Waals surface area contributed by atoms with Gasteiger partial charge in [-0.1, -0.05) is 24.6 Å². The molecule has 0 aliphatic carbocycles. The van der Waals surface area contributed by atoms with E-state index in [9.17, 15) is 17.6 Å². The molecule has 0 saturated heterocycles. The Bertz CT molecular complexity index is 406. The Kier molecular flexibility index (Phi) is 6.07. The molecule has 6 heteroatoms. The fraction of sp³-hybridized carbons (Fsp3) is 0.538. The van der Waals surface area contributed by atoms with Gasteiger partial charge < -0.3 is 5.32 Å². The van der Waals surface area contributed by atoms with Gasteiger partial charge in [0.2, 0.25) is 0 Å². The molecule has 0 saturated carbocycles. The maximum Gasteiger partial charge on any atom is 0.389 e. The van der Waals surface area contributed by atoms with Crippen LogP contribution in [0.25, 0.3) is 0 Å². The summed E-state index contributed by atoms with van der Waals surface area (Å²) in [5.41, 5.74) is 0.573. The van der Waals surface area contributed by atoms with Gasteiger partial charge in [-0.25, -0.2) is 4.39 Å². The van der Waals surface area contributed by atoms with E-state index in [4.69, 9.17) is 11.6 Å². The third kappa shape index (κ3) is 5.78. The van der Waals surface area contributed by atoms with Crippen LogP contribution in [-0.4, -0.2) is 12.7 Å². The summed E-state index contributed by atoms with van der Waals surface area (Å²) < 4.78 is 49.9. The third-order valence-electron chi connectivity index (χ3n) is 2.70. The monoisotopic (exact) mass is 297 g/mol. The van der Waals surface area contributed by atoms with Crippen molar-refractivity contribution in [3.05, 3.63) is 34.6 Å². The minimum Gasteiger partial charge on any atom is -0.310 e. The molecule has 1 atom stereocenters. The second-order valence-corrected chi connectivity index (χ2v) is 4.74. The molecule has 0 radical (unpaired) electrons. The van der Waals surface area contributed by atoms with Gasteiger partial charge >= 0.3 is 6.18 Å². The molecule has 19 heavy (non-hydrogen) atoms. The zero-order valence-corrected chi connectivity index (χ0v) is 11.3. The summed E-state index contributed by atoms with van der Waals surface area (Å²) in [6.07, 6.45) is -4.37. The summed E-state index contributed by atoms with van der Waals surface area (Å²) >= 11 is 5.66. The first-order chi connectivity index (χ1) is 8.83. The van der Waals surface area contributed by atoms with E-state index in [0.717, 1.165) is 6.42 Å². The van der Waals surface area contributed by atoms with E-state index in [2.05, 4.69) is 5.32 Å². The van der Waals surface area contributed by atoms with Crippen LogP contribution in [-0.2, 0) is 0 Å². The first-order valence-electron chi connectivity index (χ1n) is 6.08. The van der Waals surface area contributed by atoms with Crippen molar-refractivity contribution in [2.75, 3.05) is 6.54 Å². The maximum atomic E-state index is 13.1. The minimum atomic E-state index is -4.20. The van der Waals surface area contributed by atoms with Gasteiger partial charge in [-0.3, -0.25) is 0 Å². The lowest BCUT2D eigenvalue weighted by Gasteiger charge is -2.20. The van der Waals surface area contributed by atoms with E-state index in [1.54, 1.807) is 0 Å². The lowest BCUT2D eigenvalue weighted by Crippen LogP contribution is -2.24. The number of benzene rings is 1. The second-order valence-electron chi connectivity index (χ2n) is 4.33. The second kappa shape index (κ2) is 7.10. The van der Waals surface area contributed by atoms with E-state index in [0.29, 0.717) is 12.1 Å². The molecular formula is C13H16ClF4N. The topological polar surface area (TPSA) is 12.0 Å². The van der Waals surface area contributed by atoms with Gasteiger partial charge in [0.05, 0.1) is 5.02 Å². The van der Waals surface area contributed by atoms with Crippen LogP contribution < -0.4 is 5.32 Å².